The SMILES string of the molecule is CCOC(=O)C1=C(C)SC[C@H]2[C@@H](OC)C(=O)N12. The fourth-order valence-corrected chi connectivity index (χ4v) is 3.17. The third-order valence-corrected chi connectivity index (χ3v) is 4.06. The molecular weight excluding hydrogens is 242 g/mol. The number of carbonyl (C=O) groups excluding carboxylic acids is 2. The first-order valence-corrected chi connectivity index (χ1v) is 6.47. The maximum Gasteiger partial charge on any atom is 0.355 e. The number of ether oxygens (including phenoxy) is 2. The van der Waals surface area contributed by atoms with Crippen molar-refractivity contribution in [3.05, 3.63) is 10.6 Å². The molecule has 94 valence electrons. The highest BCUT2D eigenvalue weighted by Crippen LogP contribution is 2.39. The number of allylic oxidation sites excluding steroid dienone is 1. The molecule has 1 fully saturated rings. The molecule has 6 heteroatoms. The lowest BCUT2D eigenvalue weighted by Gasteiger charge is -2.48. The van der Waals surface area contributed by atoms with Crippen LogP contribution in [-0.4, -0.2) is 48.4 Å². The van der Waals surface area contributed by atoms with E-state index >= 15 is 0 Å². The molecule has 2 rings (SSSR count). The second kappa shape index (κ2) is 4.70. The molecule has 0 spiro atoms. The predicted molar refractivity (Wildman–Crippen MR) is 63.2 cm³/mol. The Balaban J connectivity index is 2.24. The van der Waals surface area contributed by atoms with Gasteiger partial charge in [0.1, 0.15) is 5.70 Å². The van der Waals surface area contributed by atoms with Gasteiger partial charge in [-0.2, -0.15) is 0 Å². The molecule has 5 nitrogen and oxygen atoms in total. The molecule has 0 unspecified atom stereocenters. The topological polar surface area (TPSA) is 55.8 Å². The molecular formula is C11H15NO4S. The maximum absolute atomic E-state index is 11.8. The van der Waals surface area contributed by atoms with Crippen molar-refractivity contribution in [3.63, 3.8) is 0 Å². The second-order valence-electron chi connectivity index (χ2n) is 3.87. The van der Waals surface area contributed by atoms with Crippen LogP contribution in [0.25, 0.3) is 0 Å². The molecule has 0 radical (unpaired) electrons. The van der Waals surface area contributed by atoms with Crippen LogP contribution >= 0.6 is 11.8 Å². The van der Waals surface area contributed by atoms with Crippen molar-refractivity contribution in [3.8, 4) is 0 Å². The summed E-state index contributed by atoms with van der Waals surface area (Å²) in [7, 11) is 1.51. The fraction of sp³-hybridized carbons (Fsp3) is 0.636. The molecule has 2 heterocycles. The number of β-lactam (4-membered cyclic amide) rings is 1. The Morgan fingerprint density at radius 3 is 2.88 bits per heavy atom. The number of carbonyl (C=O) groups is 2. The first-order chi connectivity index (χ1) is 8.11. The molecule has 0 aromatic carbocycles. The van der Waals surface area contributed by atoms with Crippen LogP contribution in [0.4, 0.5) is 0 Å². The van der Waals surface area contributed by atoms with Crippen LogP contribution in [0.3, 0.4) is 0 Å². The zero-order chi connectivity index (χ0) is 12.6. The largest absolute Gasteiger partial charge is 0.461 e. The second-order valence-corrected chi connectivity index (χ2v) is 5.10. The normalized spacial score (nSPS) is 27.7. The lowest BCUT2D eigenvalue weighted by atomic mass is 9.98. The van der Waals surface area contributed by atoms with E-state index in [1.807, 2.05) is 6.92 Å². The summed E-state index contributed by atoms with van der Waals surface area (Å²) in [5, 5.41) is 0. The van der Waals surface area contributed by atoms with E-state index in [-0.39, 0.29) is 11.9 Å². The Morgan fingerprint density at radius 2 is 2.29 bits per heavy atom. The average molecular weight is 257 g/mol. The van der Waals surface area contributed by atoms with Crippen molar-refractivity contribution in [2.24, 2.45) is 0 Å². The van der Waals surface area contributed by atoms with Crippen LogP contribution in [0.5, 0.6) is 0 Å². The first kappa shape index (κ1) is 12.4. The van der Waals surface area contributed by atoms with Crippen LogP contribution in [0, 0.1) is 0 Å². The standard InChI is InChI=1S/C11H15NO4S/c1-4-16-11(14)8-6(2)17-5-7-9(15-3)10(13)12(7)8/h7,9H,4-5H2,1-3H3/t7-,9+/m0/s1. The summed E-state index contributed by atoms with van der Waals surface area (Å²) in [5.74, 6) is 0.184. The van der Waals surface area contributed by atoms with Crippen molar-refractivity contribution >= 4 is 23.6 Å². The summed E-state index contributed by atoms with van der Waals surface area (Å²) in [6, 6.07) is -0.0411. The van der Waals surface area contributed by atoms with Crippen LogP contribution in [0.2, 0.25) is 0 Å². The number of hydrogen-bond acceptors (Lipinski definition) is 5. The van der Waals surface area contributed by atoms with Gasteiger partial charge in [-0.05, 0) is 13.8 Å². The molecule has 0 saturated carbocycles. The van der Waals surface area contributed by atoms with Crippen molar-refractivity contribution in [1.29, 1.82) is 0 Å². The summed E-state index contributed by atoms with van der Waals surface area (Å²) >= 11 is 1.57. The van der Waals surface area contributed by atoms with Gasteiger partial charge in [0.15, 0.2) is 6.10 Å². The first-order valence-electron chi connectivity index (χ1n) is 5.48. The minimum absolute atomic E-state index is 0.0411. The number of methoxy groups -OCH3 is 1. The van der Waals surface area contributed by atoms with Crippen molar-refractivity contribution in [1.82, 2.24) is 4.90 Å². The molecule has 0 bridgehead atoms. The van der Waals surface area contributed by atoms with E-state index in [2.05, 4.69) is 0 Å². The Hall–Kier alpha value is -1.01. The smallest absolute Gasteiger partial charge is 0.355 e. The van der Waals surface area contributed by atoms with Crippen molar-refractivity contribution in [2.45, 2.75) is 26.0 Å². The predicted octanol–water partition coefficient (Wildman–Crippen LogP) is 0.754. The third kappa shape index (κ3) is 1.85. The molecule has 0 N–H and O–H groups in total. The molecule has 2 aliphatic heterocycles. The monoisotopic (exact) mass is 257 g/mol. The summed E-state index contributed by atoms with van der Waals surface area (Å²) in [6.45, 7) is 3.89. The fourth-order valence-electron chi connectivity index (χ4n) is 2.10. The van der Waals surface area contributed by atoms with Gasteiger partial charge in [0.25, 0.3) is 5.91 Å². The van der Waals surface area contributed by atoms with Gasteiger partial charge in [-0.25, -0.2) is 4.79 Å². The van der Waals surface area contributed by atoms with Crippen LogP contribution in [0.1, 0.15) is 13.8 Å². The summed E-state index contributed by atoms with van der Waals surface area (Å²) in [4.78, 5) is 26.0. The third-order valence-electron chi connectivity index (χ3n) is 2.93. The minimum Gasteiger partial charge on any atom is -0.461 e. The Bertz CT molecular complexity index is 393. The van der Waals surface area contributed by atoms with E-state index in [0.29, 0.717) is 12.3 Å². The number of amides is 1. The Kier molecular flexibility index (Phi) is 3.44. The average Bonchev–Trinajstić information content (AvgIpc) is 2.30. The van der Waals surface area contributed by atoms with Crippen molar-refractivity contribution < 1.29 is 19.1 Å². The van der Waals surface area contributed by atoms with Gasteiger partial charge in [-0.1, -0.05) is 0 Å². The minimum atomic E-state index is -0.426. The van der Waals surface area contributed by atoms with Gasteiger partial charge in [-0.15, -0.1) is 11.8 Å². The van der Waals surface area contributed by atoms with Gasteiger partial charge in [-0.3, -0.25) is 9.69 Å². The summed E-state index contributed by atoms with van der Waals surface area (Å²) in [5.41, 5.74) is 0.381. The number of rotatable bonds is 3. The van der Waals surface area contributed by atoms with Crippen LogP contribution in [-0.2, 0) is 19.1 Å². The van der Waals surface area contributed by atoms with E-state index in [4.69, 9.17) is 9.47 Å². The van der Waals surface area contributed by atoms with E-state index < -0.39 is 12.1 Å². The number of fused-ring (bicyclic) bond motifs is 1. The van der Waals surface area contributed by atoms with E-state index in [1.54, 1.807) is 18.7 Å². The zero-order valence-electron chi connectivity index (χ0n) is 10.1. The quantitative estimate of drug-likeness (QED) is 0.552. The molecule has 0 aromatic heterocycles. The zero-order valence-corrected chi connectivity index (χ0v) is 10.9. The molecule has 17 heavy (non-hydrogen) atoms. The molecule has 0 aliphatic carbocycles. The summed E-state index contributed by atoms with van der Waals surface area (Å²) in [6.07, 6.45) is -0.417. The van der Waals surface area contributed by atoms with Gasteiger partial charge < -0.3 is 9.47 Å². The van der Waals surface area contributed by atoms with E-state index in [9.17, 15) is 9.59 Å². The Morgan fingerprint density at radius 1 is 1.59 bits per heavy atom. The van der Waals surface area contributed by atoms with Crippen LogP contribution < -0.4 is 0 Å². The highest BCUT2D eigenvalue weighted by molar-refractivity contribution is 8.03. The van der Waals surface area contributed by atoms with Gasteiger partial charge >= 0.3 is 5.97 Å². The molecule has 1 saturated heterocycles. The lowest BCUT2D eigenvalue weighted by molar-refractivity contribution is -0.168. The van der Waals surface area contributed by atoms with Gasteiger partial charge in [0.05, 0.1) is 12.6 Å². The number of hydrogen-bond donors (Lipinski definition) is 0. The molecule has 0 aromatic rings. The van der Waals surface area contributed by atoms with Crippen molar-refractivity contribution in [2.75, 3.05) is 19.5 Å². The highest BCUT2D eigenvalue weighted by Gasteiger charge is 2.53. The Labute approximate surface area is 104 Å². The molecule has 1 amide bonds. The molecule has 2 atom stereocenters. The highest BCUT2D eigenvalue weighted by atomic mass is 32.2. The summed E-state index contributed by atoms with van der Waals surface area (Å²) < 4.78 is 10.1. The van der Waals surface area contributed by atoms with E-state index in [1.165, 1.54) is 12.0 Å². The van der Waals surface area contributed by atoms with E-state index in [0.717, 1.165) is 10.7 Å². The number of nitrogens with zero attached hydrogens (tertiary/aromatic N) is 1. The molecule has 2 aliphatic rings. The number of thioether (sulfide) groups is 1. The van der Waals surface area contributed by atoms with Gasteiger partial charge in [0.2, 0.25) is 0 Å². The van der Waals surface area contributed by atoms with Crippen LogP contribution in [0.15, 0.2) is 10.6 Å². The van der Waals surface area contributed by atoms with Gasteiger partial charge in [0, 0.05) is 17.8 Å². The maximum atomic E-state index is 11.8. The lowest BCUT2D eigenvalue weighted by Crippen LogP contribution is -2.67. The number of esters is 1.